The zero-order valence-corrected chi connectivity index (χ0v) is 15.1. The van der Waals surface area contributed by atoms with Gasteiger partial charge in [-0.15, -0.1) is 0 Å². The number of carbonyl (C=O) groups is 2. The maximum atomic E-state index is 12.4. The highest BCUT2D eigenvalue weighted by Gasteiger charge is 2.13. The second-order valence-corrected chi connectivity index (χ2v) is 6.39. The topological polar surface area (TPSA) is 61.2 Å². The zero-order chi connectivity index (χ0) is 18.5. The molecule has 26 heavy (non-hydrogen) atoms. The molecule has 0 aliphatic rings. The van der Waals surface area contributed by atoms with Gasteiger partial charge in [0, 0.05) is 12.8 Å². The molecule has 5 heteroatoms. The maximum absolute atomic E-state index is 12.4. The molecule has 1 aromatic heterocycles. The van der Waals surface area contributed by atoms with Gasteiger partial charge in [-0.05, 0) is 42.7 Å². The molecule has 3 rings (SSSR count). The van der Waals surface area contributed by atoms with Crippen molar-refractivity contribution in [2.24, 2.45) is 0 Å². The average Bonchev–Trinajstić information content (AvgIpc) is 3.03. The third-order valence-corrected chi connectivity index (χ3v) is 4.47. The van der Waals surface area contributed by atoms with E-state index in [9.17, 15) is 9.59 Å². The second kappa shape index (κ2) is 7.95. The maximum Gasteiger partial charge on any atom is 0.306 e. The summed E-state index contributed by atoms with van der Waals surface area (Å²) >= 11 is 0. The third-order valence-electron chi connectivity index (χ3n) is 4.47. The molecule has 0 N–H and O–H groups in total. The molecule has 0 fully saturated rings. The molecule has 134 valence electrons. The van der Waals surface area contributed by atoms with E-state index in [-0.39, 0.29) is 24.7 Å². The van der Waals surface area contributed by atoms with Gasteiger partial charge in [-0.2, -0.15) is 0 Å². The summed E-state index contributed by atoms with van der Waals surface area (Å²) in [7, 11) is 0. The Morgan fingerprint density at radius 2 is 1.77 bits per heavy atom. The van der Waals surface area contributed by atoms with Crippen LogP contribution in [-0.2, 0) is 16.0 Å². The van der Waals surface area contributed by atoms with E-state index in [0.29, 0.717) is 13.0 Å². The summed E-state index contributed by atoms with van der Waals surface area (Å²) in [4.78, 5) is 28.6. The lowest BCUT2D eigenvalue weighted by Crippen LogP contribution is -2.14. The van der Waals surface area contributed by atoms with Gasteiger partial charge in [0.2, 0.25) is 5.91 Å². The summed E-state index contributed by atoms with van der Waals surface area (Å²) in [5, 5.41) is 0. The Kier molecular flexibility index (Phi) is 5.46. The van der Waals surface area contributed by atoms with Gasteiger partial charge in [0.1, 0.15) is 6.33 Å². The number of nitrogens with zero attached hydrogens (tertiary/aromatic N) is 2. The molecule has 0 amide bonds. The summed E-state index contributed by atoms with van der Waals surface area (Å²) in [6, 6.07) is 13.8. The summed E-state index contributed by atoms with van der Waals surface area (Å²) in [6.07, 6.45) is 2.36. The van der Waals surface area contributed by atoms with Crippen molar-refractivity contribution >= 4 is 22.9 Å². The highest BCUT2D eigenvalue weighted by molar-refractivity contribution is 5.92. The summed E-state index contributed by atoms with van der Waals surface area (Å²) in [5.74, 6) is -0.513. The molecular weight excluding hydrogens is 328 g/mol. The second-order valence-electron chi connectivity index (χ2n) is 6.39. The summed E-state index contributed by atoms with van der Waals surface area (Å²) in [5.41, 5.74) is 4.92. The number of aromatic nitrogens is 2. The van der Waals surface area contributed by atoms with Crippen LogP contribution < -0.4 is 0 Å². The van der Waals surface area contributed by atoms with Crippen molar-refractivity contribution in [2.75, 3.05) is 6.61 Å². The molecule has 0 aliphatic heterocycles. The molecule has 0 saturated heterocycles. The molecule has 0 atom stereocenters. The minimum atomic E-state index is -0.356. The molecular formula is C21H22N2O3. The van der Waals surface area contributed by atoms with Gasteiger partial charge in [0.25, 0.3) is 0 Å². The number of carbonyl (C=O) groups excluding carboxylic acids is 2. The molecule has 3 aromatic rings. The van der Waals surface area contributed by atoms with E-state index >= 15 is 0 Å². The van der Waals surface area contributed by atoms with E-state index in [4.69, 9.17) is 4.74 Å². The number of imidazole rings is 1. The Hall–Kier alpha value is -2.95. The largest absolute Gasteiger partial charge is 0.465 e. The number of ether oxygens (including phenoxy) is 1. The van der Waals surface area contributed by atoms with Gasteiger partial charge < -0.3 is 4.74 Å². The van der Waals surface area contributed by atoms with Crippen LogP contribution in [0, 0.1) is 13.8 Å². The number of hydrogen-bond acceptors (Lipinski definition) is 4. The van der Waals surface area contributed by atoms with Crippen molar-refractivity contribution in [3.05, 3.63) is 65.5 Å². The van der Waals surface area contributed by atoms with Crippen LogP contribution in [0.15, 0.2) is 48.8 Å². The quantitative estimate of drug-likeness (QED) is 0.633. The van der Waals surface area contributed by atoms with Gasteiger partial charge in [-0.3, -0.25) is 14.2 Å². The van der Waals surface area contributed by atoms with Crippen LogP contribution in [0.25, 0.3) is 11.0 Å². The Morgan fingerprint density at radius 3 is 2.54 bits per heavy atom. The SMILES string of the molecule is Cc1cc2ncn(C(=O)CCC(=O)OCCc3ccccc3)c2cc1C. The smallest absolute Gasteiger partial charge is 0.306 e. The lowest BCUT2D eigenvalue weighted by atomic mass is 10.1. The fourth-order valence-corrected chi connectivity index (χ4v) is 2.79. The standard InChI is InChI=1S/C21H22N2O3/c1-15-12-18-19(13-16(15)2)23(14-22-18)20(24)8-9-21(25)26-11-10-17-6-4-3-5-7-17/h3-7,12-14H,8-11H2,1-2H3. The van der Waals surface area contributed by atoms with Gasteiger partial charge in [-0.25, -0.2) is 4.98 Å². The first kappa shape index (κ1) is 17.9. The number of rotatable bonds is 6. The van der Waals surface area contributed by atoms with Crippen molar-refractivity contribution in [1.82, 2.24) is 9.55 Å². The van der Waals surface area contributed by atoms with Crippen molar-refractivity contribution in [1.29, 1.82) is 0 Å². The monoisotopic (exact) mass is 350 g/mol. The predicted octanol–water partition coefficient (Wildman–Crippen LogP) is 3.86. The van der Waals surface area contributed by atoms with E-state index < -0.39 is 0 Å². The lowest BCUT2D eigenvalue weighted by molar-refractivity contribution is -0.143. The van der Waals surface area contributed by atoms with Crippen LogP contribution in [0.1, 0.15) is 34.3 Å². The molecule has 1 heterocycles. The van der Waals surface area contributed by atoms with Crippen LogP contribution in [0.3, 0.4) is 0 Å². The number of esters is 1. The van der Waals surface area contributed by atoms with Crippen LogP contribution in [0.2, 0.25) is 0 Å². The fraction of sp³-hybridized carbons (Fsp3) is 0.286. The third kappa shape index (κ3) is 4.17. The number of hydrogen-bond donors (Lipinski definition) is 0. The summed E-state index contributed by atoms with van der Waals surface area (Å²) in [6.45, 7) is 4.34. The number of fused-ring (bicyclic) bond motifs is 1. The van der Waals surface area contributed by atoms with E-state index in [1.807, 2.05) is 56.3 Å². The Balaban J connectivity index is 1.52. The first-order chi connectivity index (χ1) is 12.5. The van der Waals surface area contributed by atoms with Crippen LogP contribution >= 0.6 is 0 Å². The van der Waals surface area contributed by atoms with E-state index in [1.165, 1.54) is 10.9 Å². The Morgan fingerprint density at radius 1 is 1.04 bits per heavy atom. The first-order valence-corrected chi connectivity index (χ1v) is 8.71. The highest BCUT2D eigenvalue weighted by Crippen LogP contribution is 2.19. The fourth-order valence-electron chi connectivity index (χ4n) is 2.79. The average molecular weight is 350 g/mol. The molecule has 2 aromatic carbocycles. The van der Waals surface area contributed by atoms with Crippen molar-refractivity contribution in [3.8, 4) is 0 Å². The number of benzene rings is 2. The van der Waals surface area contributed by atoms with Crippen molar-refractivity contribution in [2.45, 2.75) is 33.1 Å². The Labute approximate surface area is 152 Å². The first-order valence-electron chi connectivity index (χ1n) is 8.71. The molecule has 0 spiro atoms. The molecule has 5 nitrogen and oxygen atoms in total. The summed E-state index contributed by atoms with van der Waals surface area (Å²) < 4.78 is 6.73. The molecule has 0 bridgehead atoms. The Bertz CT molecular complexity index is 929. The minimum absolute atomic E-state index is 0.0676. The van der Waals surface area contributed by atoms with Gasteiger partial charge in [0.15, 0.2) is 0 Å². The predicted molar refractivity (Wildman–Crippen MR) is 100 cm³/mol. The van der Waals surface area contributed by atoms with E-state index in [2.05, 4.69) is 4.98 Å². The van der Waals surface area contributed by atoms with Crippen LogP contribution in [-0.4, -0.2) is 28.0 Å². The molecule has 0 unspecified atom stereocenters. The minimum Gasteiger partial charge on any atom is -0.465 e. The van der Waals surface area contributed by atoms with Gasteiger partial charge in [-0.1, -0.05) is 30.3 Å². The zero-order valence-electron chi connectivity index (χ0n) is 15.1. The van der Waals surface area contributed by atoms with E-state index in [0.717, 1.165) is 27.7 Å². The molecule has 0 aliphatic carbocycles. The number of aryl methyl sites for hydroxylation is 2. The van der Waals surface area contributed by atoms with E-state index in [1.54, 1.807) is 0 Å². The highest BCUT2D eigenvalue weighted by atomic mass is 16.5. The van der Waals surface area contributed by atoms with Gasteiger partial charge in [0.05, 0.1) is 24.1 Å². The van der Waals surface area contributed by atoms with Crippen molar-refractivity contribution < 1.29 is 14.3 Å². The normalized spacial score (nSPS) is 10.8. The molecule has 0 saturated carbocycles. The lowest BCUT2D eigenvalue weighted by Gasteiger charge is -2.06. The van der Waals surface area contributed by atoms with Crippen molar-refractivity contribution in [3.63, 3.8) is 0 Å². The van der Waals surface area contributed by atoms with Gasteiger partial charge >= 0.3 is 5.97 Å². The molecule has 0 radical (unpaired) electrons. The van der Waals surface area contributed by atoms with Crippen LogP contribution in [0.5, 0.6) is 0 Å². The van der Waals surface area contributed by atoms with Crippen LogP contribution in [0.4, 0.5) is 0 Å².